The van der Waals surface area contributed by atoms with E-state index in [0.29, 0.717) is 23.7 Å². The number of hydrogen-bond acceptors (Lipinski definition) is 5. The molecule has 0 radical (unpaired) electrons. The maximum absolute atomic E-state index is 13.5. The summed E-state index contributed by atoms with van der Waals surface area (Å²) in [4.78, 5) is 23.8. The molecular formula is C25H24FN3O4. The molecule has 3 aromatic rings. The molecule has 3 aromatic carbocycles. The number of benzene rings is 3. The monoisotopic (exact) mass is 449 g/mol. The molecule has 0 aromatic heterocycles. The Balaban J connectivity index is 1.46. The fraction of sp³-hybridized carbons (Fsp3) is 0.160. The first-order valence-electron chi connectivity index (χ1n) is 10.3. The molecule has 0 unspecified atom stereocenters. The lowest BCUT2D eigenvalue weighted by Crippen LogP contribution is -2.21. The van der Waals surface area contributed by atoms with Crippen LogP contribution in [0.1, 0.15) is 24.0 Å². The van der Waals surface area contributed by atoms with Gasteiger partial charge in [0, 0.05) is 12.8 Å². The Morgan fingerprint density at radius 2 is 1.67 bits per heavy atom. The van der Waals surface area contributed by atoms with Crippen LogP contribution in [0.3, 0.4) is 0 Å². The van der Waals surface area contributed by atoms with Crippen LogP contribution in [-0.4, -0.2) is 25.1 Å². The molecule has 0 aliphatic carbocycles. The number of ether oxygens (including phenoxy) is 2. The Kier molecular flexibility index (Phi) is 8.53. The molecular weight excluding hydrogens is 425 g/mol. The largest absolute Gasteiger partial charge is 0.493 e. The van der Waals surface area contributed by atoms with Gasteiger partial charge < -0.3 is 14.8 Å². The summed E-state index contributed by atoms with van der Waals surface area (Å²) in [7, 11) is 1.54. The number of methoxy groups -OCH3 is 1. The van der Waals surface area contributed by atoms with Gasteiger partial charge >= 0.3 is 0 Å². The van der Waals surface area contributed by atoms with Crippen molar-refractivity contribution in [1.82, 2.24) is 5.43 Å². The van der Waals surface area contributed by atoms with Gasteiger partial charge in [-0.05, 0) is 41.5 Å². The van der Waals surface area contributed by atoms with E-state index in [1.807, 2.05) is 30.3 Å². The molecule has 0 heterocycles. The number of nitrogens with zero attached hydrogens (tertiary/aromatic N) is 1. The first kappa shape index (κ1) is 23.5. The lowest BCUT2D eigenvalue weighted by atomic mass is 10.2. The second kappa shape index (κ2) is 12.0. The SMILES string of the molecule is COc1cc(C=NNC(=O)CCC(=O)Nc2ccccc2F)ccc1OCc1ccccc1. The van der Waals surface area contributed by atoms with E-state index in [2.05, 4.69) is 15.8 Å². The van der Waals surface area contributed by atoms with E-state index in [0.717, 1.165) is 5.56 Å². The molecule has 0 aliphatic rings. The zero-order valence-electron chi connectivity index (χ0n) is 18.1. The number of carbonyl (C=O) groups is 2. The molecule has 8 heteroatoms. The molecule has 170 valence electrons. The van der Waals surface area contributed by atoms with Gasteiger partial charge in [0.15, 0.2) is 11.5 Å². The molecule has 0 fully saturated rings. The molecule has 33 heavy (non-hydrogen) atoms. The fourth-order valence-electron chi connectivity index (χ4n) is 2.86. The molecule has 0 aliphatic heterocycles. The third-order valence-electron chi connectivity index (χ3n) is 4.55. The maximum atomic E-state index is 13.5. The molecule has 0 bridgehead atoms. The first-order valence-corrected chi connectivity index (χ1v) is 10.3. The minimum absolute atomic E-state index is 0.0751. The molecule has 7 nitrogen and oxygen atoms in total. The highest BCUT2D eigenvalue weighted by Gasteiger charge is 2.09. The van der Waals surface area contributed by atoms with E-state index in [-0.39, 0.29) is 18.5 Å². The van der Waals surface area contributed by atoms with Crippen LogP contribution in [0.4, 0.5) is 10.1 Å². The lowest BCUT2D eigenvalue weighted by molar-refractivity contribution is -0.124. The topological polar surface area (TPSA) is 89.0 Å². The van der Waals surface area contributed by atoms with Crippen molar-refractivity contribution in [3.05, 3.63) is 89.7 Å². The summed E-state index contributed by atoms with van der Waals surface area (Å²) < 4.78 is 24.7. The van der Waals surface area contributed by atoms with E-state index in [1.165, 1.54) is 24.4 Å². The summed E-state index contributed by atoms with van der Waals surface area (Å²) in [6, 6.07) is 20.9. The smallest absolute Gasteiger partial charge is 0.240 e. The fourth-order valence-corrected chi connectivity index (χ4v) is 2.86. The molecule has 0 saturated heterocycles. The highest BCUT2D eigenvalue weighted by Crippen LogP contribution is 2.28. The van der Waals surface area contributed by atoms with Crippen molar-refractivity contribution in [3.8, 4) is 11.5 Å². The first-order chi connectivity index (χ1) is 16.0. The lowest BCUT2D eigenvalue weighted by Gasteiger charge is -2.11. The zero-order chi connectivity index (χ0) is 23.5. The number of hydrogen-bond donors (Lipinski definition) is 2. The number of para-hydroxylation sites is 1. The Bertz CT molecular complexity index is 1120. The molecule has 0 spiro atoms. The number of carbonyl (C=O) groups excluding carboxylic acids is 2. The van der Waals surface area contributed by atoms with Gasteiger partial charge in [-0.2, -0.15) is 5.10 Å². The van der Waals surface area contributed by atoms with Crippen molar-refractivity contribution in [2.24, 2.45) is 5.10 Å². The van der Waals surface area contributed by atoms with Crippen LogP contribution in [0, 0.1) is 5.82 Å². The van der Waals surface area contributed by atoms with Crippen LogP contribution < -0.4 is 20.2 Å². The van der Waals surface area contributed by atoms with Crippen molar-refractivity contribution in [2.45, 2.75) is 19.4 Å². The Labute approximate surface area is 191 Å². The Morgan fingerprint density at radius 3 is 2.42 bits per heavy atom. The summed E-state index contributed by atoms with van der Waals surface area (Å²) in [6.45, 7) is 0.408. The maximum Gasteiger partial charge on any atom is 0.240 e. The zero-order valence-corrected chi connectivity index (χ0v) is 18.1. The van der Waals surface area contributed by atoms with Crippen LogP contribution >= 0.6 is 0 Å². The van der Waals surface area contributed by atoms with Gasteiger partial charge in [0.25, 0.3) is 0 Å². The van der Waals surface area contributed by atoms with E-state index >= 15 is 0 Å². The van der Waals surface area contributed by atoms with Gasteiger partial charge in [0.1, 0.15) is 12.4 Å². The second-order valence-corrected chi connectivity index (χ2v) is 7.01. The minimum Gasteiger partial charge on any atom is -0.493 e. The van der Waals surface area contributed by atoms with Gasteiger partial charge in [0.2, 0.25) is 11.8 Å². The number of hydrazone groups is 1. The van der Waals surface area contributed by atoms with E-state index in [4.69, 9.17) is 9.47 Å². The predicted octanol–water partition coefficient (Wildman–Crippen LogP) is 4.28. The average molecular weight is 449 g/mol. The number of rotatable bonds is 10. The van der Waals surface area contributed by atoms with Gasteiger partial charge in [0.05, 0.1) is 19.0 Å². The van der Waals surface area contributed by atoms with E-state index in [1.54, 1.807) is 31.4 Å². The van der Waals surface area contributed by atoms with Crippen LogP contribution in [0.25, 0.3) is 0 Å². The summed E-state index contributed by atoms with van der Waals surface area (Å²) in [5, 5.41) is 6.33. The van der Waals surface area contributed by atoms with Gasteiger partial charge in [-0.1, -0.05) is 42.5 Å². The molecule has 2 N–H and O–H groups in total. The van der Waals surface area contributed by atoms with Crippen LogP contribution in [0.5, 0.6) is 11.5 Å². The van der Waals surface area contributed by atoms with E-state index < -0.39 is 17.6 Å². The quantitative estimate of drug-likeness (QED) is 0.357. The average Bonchev–Trinajstić information content (AvgIpc) is 2.84. The third kappa shape index (κ3) is 7.46. The van der Waals surface area contributed by atoms with Gasteiger partial charge in [-0.25, -0.2) is 9.82 Å². The number of halogens is 1. The minimum atomic E-state index is -0.535. The number of anilines is 1. The van der Waals surface area contributed by atoms with Crippen molar-refractivity contribution in [3.63, 3.8) is 0 Å². The summed E-state index contributed by atoms with van der Waals surface area (Å²) >= 11 is 0. The van der Waals surface area contributed by atoms with Gasteiger partial charge in [-0.3, -0.25) is 9.59 Å². The number of nitrogens with one attached hydrogen (secondary N) is 2. The van der Waals surface area contributed by atoms with Crippen LogP contribution in [0.2, 0.25) is 0 Å². The molecule has 3 rings (SSSR count). The summed E-state index contributed by atoms with van der Waals surface area (Å²) in [6.07, 6.45) is 1.27. The second-order valence-electron chi connectivity index (χ2n) is 7.01. The van der Waals surface area contributed by atoms with E-state index in [9.17, 15) is 14.0 Å². The Hall–Kier alpha value is -4.20. The molecule has 0 atom stereocenters. The summed E-state index contributed by atoms with van der Waals surface area (Å²) in [5.41, 5.74) is 4.17. The van der Waals surface area contributed by atoms with Crippen molar-refractivity contribution in [1.29, 1.82) is 0 Å². The highest BCUT2D eigenvalue weighted by molar-refractivity contribution is 5.93. The standard InChI is InChI=1S/C25H24FN3O4/c1-32-23-15-19(11-12-22(23)33-17-18-7-3-2-4-8-18)16-27-29-25(31)14-13-24(30)28-21-10-6-5-9-20(21)26/h2-12,15-16H,13-14,17H2,1H3,(H,28,30)(H,29,31). The molecule has 0 saturated carbocycles. The Morgan fingerprint density at radius 1 is 0.939 bits per heavy atom. The van der Waals surface area contributed by atoms with Gasteiger partial charge in [-0.15, -0.1) is 0 Å². The van der Waals surface area contributed by atoms with Crippen LogP contribution in [-0.2, 0) is 16.2 Å². The van der Waals surface area contributed by atoms with Crippen molar-refractivity contribution < 1.29 is 23.5 Å². The van der Waals surface area contributed by atoms with Crippen molar-refractivity contribution >= 4 is 23.7 Å². The summed E-state index contributed by atoms with van der Waals surface area (Å²) in [5.74, 6) is -0.319. The molecule has 2 amide bonds. The highest BCUT2D eigenvalue weighted by atomic mass is 19.1. The normalized spacial score (nSPS) is 10.6. The predicted molar refractivity (Wildman–Crippen MR) is 124 cm³/mol. The third-order valence-corrected chi connectivity index (χ3v) is 4.55. The number of amides is 2. The van der Waals surface area contributed by atoms with Crippen molar-refractivity contribution in [2.75, 3.05) is 12.4 Å². The van der Waals surface area contributed by atoms with Crippen LogP contribution in [0.15, 0.2) is 77.9 Å².